The molecule has 0 spiro atoms. The van der Waals surface area contributed by atoms with E-state index in [0.29, 0.717) is 36.8 Å². The number of nitrogens with one attached hydrogen (secondary N) is 1. The molecule has 5 nitrogen and oxygen atoms in total. The Morgan fingerprint density at radius 3 is 2.68 bits per heavy atom. The van der Waals surface area contributed by atoms with E-state index in [1.54, 1.807) is 0 Å². The first-order chi connectivity index (χ1) is 12.0. The highest BCUT2D eigenvalue weighted by Gasteiger charge is 2.32. The van der Waals surface area contributed by atoms with Gasteiger partial charge in [-0.25, -0.2) is 4.39 Å². The summed E-state index contributed by atoms with van der Waals surface area (Å²) in [5, 5.41) is 2.87. The highest BCUT2D eigenvalue weighted by molar-refractivity contribution is 5.95. The van der Waals surface area contributed by atoms with Crippen molar-refractivity contribution in [3.05, 3.63) is 59.7 Å². The van der Waals surface area contributed by atoms with E-state index in [1.807, 2.05) is 27.8 Å². The summed E-state index contributed by atoms with van der Waals surface area (Å²) >= 11 is 0. The first kappa shape index (κ1) is 17.2. The number of nitrogens with zero attached hydrogens (tertiary/aromatic N) is 2. The molecule has 3 rings (SSSR count). The molecule has 0 saturated carbocycles. The Bertz CT molecular complexity index is 767. The van der Waals surface area contributed by atoms with E-state index in [2.05, 4.69) is 19.2 Å². The molecule has 0 radical (unpaired) electrons. The standard InChI is InChI=1S/C19H22FN3O2/c1-13(2)11-23-16(12-22-9-3-4-17(22)19(23)25)10-21-18(24)14-5-7-15(20)8-6-14/h3-9,13,16H,10-12H2,1-2H3,(H,21,24). The lowest BCUT2D eigenvalue weighted by Gasteiger charge is -2.37. The van der Waals surface area contributed by atoms with Crippen molar-refractivity contribution in [1.29, 1.82) is 0 Å². The Balaban J connectivity index is 1.72. The van der Waals surface area contributed by atoms with Gasteiger partial charge in [0, 0.05) is 31.4 Å². The van der Waals surface area contributed by atoms with Gasteiger partial charge in [0.15, 0.2) is 0 Å². The summed E-state index contributed by atoms with van der Waals surface area (Å²) < 4.78 is 14.9. The van der Waals surface area contributed by atoms with Gasteiger partial charge in [0.05, 0.1) is 6.04 Å². The zero-order chi connectivity index (χ0) is 18.0. The lowest BCUT2D eigenvalue weighted by atomic mass is 10.1. The van der Waals surface area contributed by atoms with E-state index in [4.69, 9.17) is 0 Å². The van der Waals surface area contributed by atoms with Crippen molar-refractivity contribution in [2.75, 3.05) is 13.1 Å². The Morgan fingerprint density at radius 2 is 2.00 bits per heavy atom. The molecule has 1 aromatic heterocycles. The Kier molecular flexibility index (Phi) is 4.88. The van der Waals surface area contributed by atoms with Crippen LogP contribution in [-0.2, 0) is 6.54 Å². The quantitative estimate of drug-likeness (QED) is 0.907. The number of carbonyl (C=O) groups excluding carboxylic acids is 2. The SMILES string of the molecule is CC(C)CN1C(=O)c2cccn2CC1CNC(=O)c1ccc(F)cc1. The van der Waals surface area contributed by atoms with Crippen LogP contribution in [0.4, 0.5) is 4.39 Å². The fourth-order valence-corrected chi connectivity index (χ4v) is 3.12. The van der Waals surface area contributed by atoms with E-state index >= 15 is 0 Å². The highest BCUT2D eigenvalue weighted by Crippen LogP contribution is 2.19. The molecule has 2 aromatic rings. The molecule has 1 aliphatic heterocycles. The molecule has 25 heavy (non-hydrogen) atoms. The molecule has 0 fully saturated rings. The van der Waals surface area contributed by atoms with E-state index < -0.39 is 0 Å². The molecule has 1 atom stereocenters. The topological polar surface area (TPSA) is 54.3 Å². The van der Waals surface area contributed by atoms with Gasteiger partial charge < -0.3 is 14.8 Å². The average molecular weight is 343 g/mol. The number of fused-ring (bicyclic) bond motifs is 1. The number of aromatic nitrogens is 1. The minimum absolute atomic E-state index is 0.00835. The van der Waals surface area contributed by atoms with Gasteiger partial charge in [-0.2, -0.15) is 0 Å². The van der Waals surface area contributed by atoms with Gasteiger partial charge in [0.25, 0.3) is 11.8 Å². The predicted molar refractivity (Wildman–Crippen MR) is 92.8 cm³/mol. The second kappa shape index (κ2) is 7.09. The Labute approximate surface area is 146 Å². The van der Waals surface area contributed by atoms with Crippen LogP contribution in [0.2, 0.25) is 0 Å². The minimum atomic E-state index is -0.377. The van der Waals surface area contributed by atoms with Gasteiger partial charge in [-0.05, 0) is 42.3 Å². The molecule has 2 amide bonds. The smallest absolute Gasteiger partial charge is 0.270 e. The van der Waals surface area contributed by atoms with Crippen LogP contribution in [-0.4, -0.2) is 40.4 Å². The summed E-state index contributed by atoms with van der Waals surface area (Å²) in [5.41, 5.74) is 1.09. The van der Waals surface area contributed by atoms with E-state index in [9.17, 15) is 14.0 Å². The number of hydrogen-bond acceptors (Lipinski definition) is 2. The van der Waals surface area contributed by atoms with Crippen molar-refractivity contribution in [2.45, 2.75) is 26.4 Å². The number of amides is 2. The van der Waals surface area contributed by atoms with Crippen LogP contribution in [0.15, 0.2) is 42.6 Å². The Hall–Kier alpha value is -2.63. The molecule has 0 aliphatic carbocycles. The molecule has 2 heterocycles. The van der Waals surface area contributed by atoms with Crippen LogP contribution in [0, 0.1) is 11.7 Å². The largest absolute Gasteiger partial charge is 0.350 e. The first-order valence-corrected chi connectivity index (χ1v) is 8.45. The predicted octanol–water partition coefficient (Wildman–Crippen LogP) is 2.54. The van der Waals surface area contributed by atoms with E-state index in [0.717, 1.165) is 0 Å². The molecule has 132 valence electrons. The van der Waals surface area contributed by atoms with Gasteiger partial charge in [-0.3, -0.25) is 9.59 Å². The zero-order valence-corrected chi connectivity index (χ0v) is 14.4. The summed E-state index contributed by atoms with van der Waals surface area (Å²) in [6.45, 7) is 5.77. The molecule has 0 bridgehead atoms. The maximum atomic E-state index is 13.0. The summed E-state index contributed by atoms with van der Waals surface area (Å²) in [6.07, 6.45) is 1.88. The molecule has 1 N–H and O–H groups in total. The van der Waals surface area contributed by atoms with Crippen molar-refractivity contribution >= 4 is 11.8 Å². The third kappa shape index (κ3) is 3.73. The zero-order valence-electron chi connectivity index (χ0n) is 14.4. The van der Waals surface area contributed by atoms with Crippen LogP contribution in [0.25, 0.3) is 0 Å². The van der Waals surface area contributed by atoms with Crippen molar-refractivity contribution in [3.8, 4) is 0 Å². The molecule has 1 unspecified atom stereocenters. The normalized spacial score (nSPS) is 16.9. The maximum Gasteiger partial charge on any atom is 0.270 e. The first-order valence-electron chi connectivity index (χ1n) is 8.45. The van der Waals surface area contributed by atoms with Gasteiger partial charge in [-0.15, -0.1) is 0 Å². The number of halogens is 1. The maximum absolute atomic E-state index is 13.0. The van der Waals surface area contributed by atoms with Crippen LogP contribution < -0.4 is 5.32 Å². The monoisotopic (exact) mass is 343 g/mol. The molecule has 1 aromatic carbocycles. The number of benzene rings is 1. The summed E-state index contributed by atoms with van der Waals surface area (Å²) in [7, 11) is 0. The average Bonchev–Trinajstić information content (AvgIpc) is 3.04. The highest BCUT2D eigenvalue weighted by atomic mass is 19.1. The van der Waals surface area contributed by atoms with Gasteiger partial charge >= 0.3 is 0 Å². The van der Waals surface area contributed by atoms with Gasteiger partial charge in [0.1, 0.15) is 11.5 Å². The Morgan fingerprint density at radius 1 is 1.28 bits per heavy atom. The van der Waals surface area contributed by atoms with Crippen molar-refractivity contribution in [1.82, 2.24) is 14.8 Å². The number of hydrogen-bond donors (Lipinski definition) is 1. The van der Waals surface area contributed by atoms with E-state index in [1.165, 1.54) is 24.3 Å². The molecule has 6 heteroatoms. The van der Waals surface area contributed by atoms with Gasteiger partial charge in [0.2, 0.25) is 0 Å². The molecular weight excluding hydrogens is 321 g/mol. The number of carbonyl (C=O) groups is 2. The van der Waals surface area contributed by atoms with Crippen LogP contribution in [0.1, 0.15) is 34.7 Å². The van der Waals surface area contributed by atoms with Crippen molar-refractivity contribution in [2.24, 2.45) is 5.92 Å². The minimum Gasteiger partial charge on any atom is -0.350 e. The van der Waals surface area contributed by atoms with Crippen molar-refractivity contribution in [3.63, 3.8) is 0 Å². The lowest BCUT2D eigenvalue weighted by Crippen LogP contribution is -2.53. The fourth-order valence-electron chi connectivity index (χ4n) is 3.12. The van der Waals surface area contributed by atoms with Crippen molar-refractivity contribution < 1.29 is 14.0 Å². The van der Waals surface area contributed by atoms with E-state index in [-0.39, 0.29) is 23.7 Å². The molecule has 1 aliphatic rings. The second-order valence-corrected chi connectivity index (χ2v) is 6.77. The summed E-state index contributed by atoms with van der Waals surface area (Å²) in [4.78, 5) is 26.8. The molecular formula is C19H22FN3O2. The second-order valence-electron chi connectivity index (χ2n) is 6.77. The van der Waals surface area contributed by atoms with Crippen LogP contribution in [0.5, 0.6) is 0 Å². The lowest BCUT2D eigenvalue weighted by molar-refractivity contribution is 0.0554. The third-order valence-electron chi connectivity index (χ3n) is 4.32. The number of rotatable bonds is 5. The summed E-state index contributed by atoms with van der Waals surface area (Å²) in [5.74, 6) is -0.320. The third-order valence-corrected chi connectivity index (χ3v) is 4.32. The van der Waals surface area contributed by atoms with Crippen LogP contribution >= 0.6 is 0 Å². The van der Waals surface area contributed by atoms with Crippen LogP contribution in [0.3, 0.4) is 0 Å². The summed E-state index contributed by atoms with van der Waals surface area (Å²) in [6, 6.07) is 8.99. The molecule has 0 saturated heterocycles. The van der Waals surface area contributed by atoms with Gasteiger partial charge in [-0.1, -0.05) is 13.8 Å². The fraction of sp³-hybridized carbons (Fsp3) is 0.368.